The minimum atomic E-state index is -4.94. The van der Waals surface area contributed by atoms with E-state index in [0.29, 0.717) is 26.1 Å². The van der Waals surface area contributed by atoms with Crippen molar-refractivity contribution in [2.45, 2.75) is 19.5 Å². The zero-order chi connectivity index (χ0) is 19.4. The third kappa shape index (κ3) is 15.7. The molecule has 0 aromatic carbocycles. The molecule has 2 aromatic rings. The van der Waals surface area contributed by atoms with Gasteiger partial charge in [0.05, 0.1) is 24.9 Å². The number of esters is 1. The first kappa shape index (κ1) is 28.9. The minimum Gasteiger partial charge on any atom is -1.00 e. The fraction of sp³-hybridized carbons (Fsp3) is 0.312. The Labute approximate surface area is 182 Å². The third-order valence-corrected chi connectivity index (χ3v) is 3.08. The maximum atomic E-state index is 11.3. The first-order chi connectivity index (χ1) is 12.3. The zero-order valence-corrected chi connectivity index (χ0v) is 17.2. The summed E-state index contributed by atoms with van der Waals surface area (Å²) in [6.45, 7) is 1.96. The minimum absolute atomic E-state index is 0. The van der Waals surface area contributed by atoms with E-state index in [1.165, 1.54) is 7.11 Å². The average Bonchev–Trinajstić information content (AvgIpc) is 2.60. The Balaban J connectivity index is 0. The largest absolute Gasteiger partial charge is 2.00 e. The van der Waals surface area contributed by atoms with Crippen LogP contribution >= 0.6 is 0 Å². The molecule has 0 amide bonds. The van der Waals surface area contributed by atoms with Gasteiger partial charge in [-0.25, -0.2) is 18.6 Å². The number of rotatable bonds is 7. The van der Waals surface area contributed by atoms with Crippen LogP contribution in [0.25, 0.3) is 0 Å². The van der Waals surface area contributed by atoms with Crippen LogP contribution in [0.4, 0.5) is 0 Å². The van der Waals surface area contributed by atoms with Gasteiger partial charge in [-0.2, -0.15) is 0 Å². The molecule has 2 rings (SSSR count). The van der Waals surface area contributed by atoms with Gasteiger partial charge < -0.3 is 17.1 Å². The summed E-state index contributed by atoms with van der Waals surface area (Å²) in [5, 5.41) is 0. The third-order valence-electron chi connectivity index (χ3n) is 3.08. The summed E-state index contributed by atoms with van der Waals surface area (Å²) in [7, 11) is -3.54. The first-order valence-electron chi connectivity index (χ1n) is 7.48. The van der Waals surface area contributed by atoms with Crippen molar-refractivity contribution in [1.29, 1.82) is 0 Å². The van der Waals surface area contributed by atoms with Gasteiger partial charge in [-0.15, -0.1) is 10.2 Å². The van der Waals surface area contributed by atoms with Crippen LogP contribution in [0, 0.1) is 10.2 Å². The van der Waals surface area contributed by atoms with E-state index < -0.39 is 10.2 Å². The van der Waals surface area contributed by atoms with Crippen molar-refractivity contribution in [2.75, 3.05) is 13.7 Å². The summed E-state index contributed by atoms with van der Waals surface area (Å²) in [6, 6.07) is 11.7. The second-order valence-electron chi connectivity index (χ2n) is 5.06. The molecule has 0 saturated heterocycles. The van der Waals surface area contributed by atoms with Gasteiger partial charge in [0.2, 0.25) is 0 Å². The van der Waals surface area contributed by atoms with Crippen molar-refractivity contribution in [3.63, 3.8) is 0 Å². The van der Waals surface area contributed by atoms with Crippen molar-refractivity contribution in [1.82, 2.24) is 14.9 Å². The number of ether oxygens (including phenoxy) is 1. The Bertz CT molecular complexity index is 602. The summed E-state index contributed by atoms with van der Waals surface area (Å²) >= 11 is 0. The molecule has 12 heteroatoms. The summed E-state index contributed by atoms with van der Waals surface area (Å²) < 4.78 is 38.7. The Hall–Kier alpha value is -1.33. The average molecular weight is 484 g/mol. The number of aromatic nitrogens is 2. The number of methoxy groups -OCH3 is 1. The topological polar surface area (TPSA) is 148 Å². The van der Waals surface area contributed by atoms with Crippen LogP contribution in [0.3, 0.4) is 0 Å². The van der Waals surface area contributed by atoms with Gasteiger partial charge in [0.15, 0.2) is 0 Å². The maximum Gasteiger partial charge on any atom is 2.00 e. The molecule has 2 aromatic heterocycles. The predicted octanol–water partition coefficient (Wildman–Crippen LogP) is -5.71. The van der Waals surface area contributed by atoms with E-state index in [1.807, 2.05) is 36.4 Å². The molecular formula is C16H19Cl2CuN3O6. The standard InChI is InChI=1S/C16H19N3O2.ClHO4.ClH.Cu/c1-21-16(20)8-11-19(12-14-6-2-4-9-17-14)13-15-7-3-5-10-18-15;2-1(3,4)5;;/h2-7,9-10H,8,11-13H2,1H3;(H,2,3,4,5);1H;/q;;;+2/p-2. The fourth-order valence-electron chi connectivity index (χ4n) is 2.01. The number of halogens is 2. The number of carbonyl (C=O) groups is 1. The van der Waals surface area contributed by atoms with E-state index in [1.54, 1.807) is 12.4 Å². The number of carbonyl (C=O) groups excluding carboxylic acids is 1. The van der Waals surface area contributed by atoms with Gasteiger partial charge in [0.1, 0.15) is 0 Å². The molecule has 0 aliphatic carbocycles. The van der Waals surface area contributed by atoms with Crippen LogP contribution in [0.2, 0.25) is 0 Å². The van der Waals surface area contributed by atoms with Gasteiger partial charge in [-0.3, -0.25) is 19.7 Å². The van der Waals surface area contributed by atoms with Crippen LogP contribution in [0.15, 0.2) is 48.8 Å². The maximum absolute atomic E-state index is 11.3. The van der Waals surface area contributed by atoms with Crippen molar-refractivity contribution in [2.24, 2.45) is 0 Å². The van der Waals surface area contributed by atoms with E-state index in [4.69, 9.17) is 23.4 Å². The molecule has 28 heavy (non-hydrogen) atoms. The van der Waals surface area contributed by atoms with Crippen LogP contribution in [-0.2, 0) is 39.7 Å². The molecule has 1 radical (unpaired) electrons. The van der Waals surface area contributed by atoms with Gasteiger partial charge in [0, 0.05) is 32.0 Å². The van der Waals surface area contributed by atoms with Crippen LogP contribution in [0.1, 0.15) is 17.8 Å². The molecule has 0 aliphatic rings. The van der Waals surface area contributed by atoms with Gasteiger partial charge >= 0.3 is 23.0 Å². The Morgan fingerprint density at radius 3 is 1.75 bits per heavy atom. The number of pyridine rings is 2. The quantitative estimate of drug-likeness (QED) is 0.277. The Kier molecular flexibility index (Phi) is 16.1. The monoisotopic (exact) mass is 482 g/mol. The second kappa shape index (κ2) is 15.6. The molecule has 0 atom stereocenters. The van der Waals surface area contributed by atoms with E-state index in [2.05, 4.69) is 14.9 Å². The van der Waals surface area contributed by atoms with E-state index in [9.17, 15) is 4.79 Å². The van der Waals surface area contributed by atoms with Gasteiger partial charge in [-0.1, -0.05) is 12.1 Å². The molecule has 0 spiro atoms. The van der Waals surface area contributed by atoms with Crippen molar-refractivity contribution in [3.05, 3.63) is 60.2 Å². The number of hydrogen-bond acceptors (Lipinski definition) is 9. The van der Waals surface area contributed by atoms with Crippen molar-refractivity contribution in [3.8, 4) is 0 Å². The smallest absolute Gasteiger partial charge is 1.00 e. The van der Waals surface area contributed by atoms with Crippen LogP contribution < -0.4 is 31.0 Å². The molecule has 0 N–H and O–H groups in total. The first-order valence-corrected chi connectivity index (χ1v) is 8.72. The molecule has 0 unspecified atom stereocenters. The molecule has 2 heterocycles. The molecule has 0 saturated carbocycles. The summed E-state index contributed by atoms with van der Waals surface area (Å²) in [5.41, 5.74) is 1.94. The molecule has 9 nitrogen and oxygen atoms in total. The van der Waals surface area contributed by atoms with E-state index in [0.717, 1.165) is 11.4 Å². The van der Waals surface area contributed by atoms with Crippen LogP contribution in [-0.4, -0.2) is 34.5 Å². The summed E-state index contributed by atoms with van der Waals surface area (Å²) in [6.07, 6.45) is 3.90. The Morgan fingerprint density at radius 1 is 1.00 bits per heavy atom. The Morgan fingerprint density at radius 2 is 1.43 bits per heavy atom. The van der Waals surface area contributed by atoms with Crippen molar-refractivity contribution >= 4 is 5.97 Å². The summed E-state index contributed by atoms with van der Waals surface area (Å²) in [4.78, 5) is 22.1. The van der Waals surface area contributed by atoms with Gasteiger partial charge in [0.25, 0.3) is 0 Å². The molecule has 0 aliphatic heterocycles. The van der Waals surface area contributed by atoms with Gasteiger partial charge in [-0.05, 0) is 24.3 Å². The van der Waals surface area contributed by atoms with Crippen LogP contribution in [0.5, 0.6) is 0 Å². The molecule has 159 valence electrons. The number of nitrogens with zero attached hydrogens (tertiary/aromatic N) is 3. The predicted molar refractivity (Wildman–Crippen MR) is 79.2 cm³/mol. The second-order valence-corrected chi connectivity index (χ2v) is 5.81. The van der Waals surface area contributed by atoms with Crippen molar-refractivity contribution < 1.29 is 67.9 Å². The number of hydrogen-bond donors (Lipinski definition) is 0. The zero-order valence-electron chi connectivity index (χ0n) is 14.8. The summed E-state index contributed by atoms with van der Waals surface area (Å²) in [5.74, 6) is -0.206. The van der Waals surface area contributed by atoms with E-state index in [-0.39, 0.29) is 35.4 Å². The molecular weight excluding hydrogens is 465 g/mol. The van der Waals surface area contributed by atoms with E-state index >= 15 is 0 Å². The SMILES string of the molecule is COC(=O)CCN(Cc1ccccn1)Cc1ccccn1.[Cl-].[Cu+2].[O-][Cl+3]([O-])([O-])[O-]. The molecule has 0 bridgehead atoms. The fourth-order valence-corrected chi connectivity index (χ4v) is 2.01. The molecule has 0 fully saturated rings. The normalized spacial score (nSPS) is 10.1.